The number of aromatic nitrogens is 1. The Kier molecular flexibility index (Phi) is 2.86. The molecule has 1 radical (unpaired) electrons. The van der Waals surface area contributed by atoms with Crippen molar-refractivity contribution in [2.24, 2.45) is 0 Å². The molecule has 0 spiro atoms. The molecule has 3 rings (SSSR count). The van der Waals surface area contributed by atoms with E-state index in [0.29, 0.717) is 0 Å². The lowest BCUT2D eigenvalue weighted by Crippen LogP contribution is -2.22. The second-order valence-electron chi connectivity index (χ2n) is 4.08. The molecule has 1 aliphatic heterocycles. The lowest BCUT2D eigenvalue weighted by molar-refractivity contribution is 0.589. The fraction of sp³-hybridized carbons (Fsp3) is 0.214. The maximum Gasteiger partial charge on any atom is 0.0848 e. The molecule has 85 valence electrons. The van der Waals surface area contributed by atoms with E-state index in [0.717, 1.165) is 24.2 Å². The third-order valence-electron chi connectivity index (χ3n) is 2.97. The summed E-state index contributed by atoms with van der Waals surface area (Å²) < 4.78 is 0. The zero-order chi connectivity index (χ0) is 11.5. The van der Waals surface area contributed by atoms with Gasteiger partial charge in [0.1, 0.15) is 0 Å². The number of benzene rings is 1. The molecule has 0 bridgehead atoms. The molecule has 0 aliphatic carbocycles. The Morgan fingerprint density at radius 3 is 2.82 bits per heavy atom. The fourth-order valence-electron chi connectivity index (χ4n) is 2.17. The van der Waals surface area contributed by atoms with E-state index in [1.807, 2.05) is 24.4 Å². The maximum atomic E-state index is 4.17. The summed E-state index contributed by atoms with van der Waals surface area (Å²) in [6, 6.07) is 13.4. The molecule has 1 saturated heterocycles. The van der Waals surface area contributed by atoms with E-state index < -0.39 is 0 Å². The number of nitrogens with zero attached hydrogens (tertiary/aromatic N) is 1. The normalized spacial score (nSPS) is 16.2. The molecule has 1 fully saturated rings. The molecule has 3 heteroatoms. The summed E-state index contributed by atoms with van der Waals surface area (Å²) in [5, 5.41) is 6.84. The molecule has 2 aromatic rings. The van der Waals surface area contributed by atoms with Crippen LogP contribution in [0.5, 0.6) is 0 Å². The molecule has 0 unspecified atom stereocenters. The van der Waals surface area contributed by atoms with E-state index >= 15 is 0 Å². The predicted molar refractivity (Wildman–Crippen MR) is 67.3 cm³/mol. The van der Waals surface area contributed by atoms with Crippen LogP contribution >= 0.6 is 0 Å². The zero-order valence-electron chi connectivity index (χ0n) is 9.48. The highest BCUT2D eigenvalue weighted by molar-refractivity contribution is 5.66. The van der Waals surface area contributed by atoms with Gasteiger partial charge in [0.2, 0.25) is 0 Å². The van der Waals surface area contributed by atoms with Crippen LogP contribution in [0.25, 0.3) is 11.1 Å². The van der Waals surface area contributed by atoms with Gasteiger partial charge in [0, 0.05) is 31.0 Å². The first kappa shape index (κ1) is 10.4. The average Bonchev–Trinajstić information content (AvgIpc) is 2.94. The van der Waals surface area contributed by atoms with Crippen molar-refractivity contribution < 1.29 is 0 Å². The standard InChI is InChI=1S/C14H14N3/c1-2-6-13(14-16-8-9-17-14)12(5-1)11-4-3-7-15-10-11/h1-5,7,10,14,16-17H,8-9H2. The molecule has 1 aromatic heterocycles. The van der Waals surface area contributed by atoms with Gasteiger partial charge < -0.3 is 0 Å². The fourth-order valence-corrected chi connectivity index (χ4v) is 2.17. The molecule has 2 heterocycles. The summed E-state index contributed by atoms with van der Waals surface area (Å²) in [6.45, 7) is 2.00. The van der Waals surface area contributed by atoms with Crippen molar-refractivity contribution in [3.63, 3.8) is 0 Å². The second-order valence-corrected chi connectivity index (χ2v) is 4.08. The highest BCUT2D eigenvalue weighted by Crippen LogP contribution is 2.26. The van der Waals surface area contributed by atoms with Crippen LogP contribution in [0.3, 0.4) is 0 Å². The molecule has 0 saturated carbocycles. The van der Waals surface area contributed by atoms with E-state index in [-0.39, 0.29) is 6.17 Å². The summed E-state index contributed by atoms with van der Waals surface area (Å²) >= 11 is 0. The summed E-state index contributed by atoms with van der Waals surface area (Å²) in [5.74, 6) is 0. The SMILES string of the molecule is [c]1cccc(-c2cccnc2)c1C1NCCN1. The van der Waals surface area contributed by atoms with Crippen LogP contribution in [-0.2, 0) is 0 Å². The van der Waals surface area contributed by atoms with Crippen molar-refractivity contribution in [2.75, 3.05) is 13.1 Å². The van der Waals surface area contributed by atoms with Crippen molar-refractivity contribution >= 4 is 0 Å². The van der Waals surface area contributed by atoms with E-state index in [9.17, 15) is 0 Å². The van der Waals surface area contributed by atoms with Crippen molar-refractivity contribution in [1.82, 2.24) is 15.6 Å². The molecule has 3 nitrogen and oxygen atoms in total. The first-order chi connectivity index (χ1) is 8.45. The molecule has 17 heavy (non-hydrogen) atoms. The number of hydrogen-bond acceptors (Lipinski definition) is 3. The molecule has 0 amide bonds. The summed E-state index contributed by atoms with van der Waals surface area (Å²) in [6.07, 6.45) is 3.88. The van der Waals surface area contributed by atoms with Crippen LogP contribution in [0.15, 0.2) is 42.7 Å². The van der Waals surface area contributed by atoms with E-state index in [1.54, 1.807) is 6.20 Å². The van der Waals surface area contributed by atoms with E-state index in [4.69, 9.17) is 0 Å². The van der Waals surface area contributed by atoms with Gasteiger partial charge in [-0.15, -0.1) is 0 Å². The quantitative estimate of drug-likeness (QED) is 0.816. The minimum Gasteiger partial charge on any atom is -0.297 e. The van der Waals surface area contributed by atoms with Crippen LogP contribution in [-0.4, -0.2) is 18.1 Å². The minimum atomic E-state index is 0.200. The summed E-state index contributed by atoms with van der Waals surface area (Å²) in [4.78, 5) is 4.17. The lowest BCUT2D eigenvalue weighted by Gasteiger charge is -2.15. The summed E-state index contributed by atoms with van der Waals surface area (Å²) in [7, 11) is 0. The molecule has 0 atom stereocenters. The molecule has 1 aliphatic rings. The van der Waals surface area contributed by atoms with Gasteiger partial charge in [-0.2, -0.15) is 0 Å². The molecule has 1 aromatic carbocycles. The van der Waals surface area contributed by atoms with Crippen molar-refractivity contribution in [2.45, 2.75) is 6.17 Å². The Morgan fingerprint density at radius 2 is 2.06 bits per heavy atom. The molecule has 2 N–H and O–H groups in total. The van der Waals surface area contributed by atoms with Gasteiger partial charge in [0.25, 0.3) is 0 Å². The zero-order valence-corrected chi connectivity index (χ0v) is 9.48. The largest absolute Gasteiger partial charge is 0.297 e. The van der Waals surface area contributed by atoms with Gasteiger partial charge in [0.05, 0.1) is 6.17 Å². The van der Waals surface area contributed by atoms with Crippen molar-refractivity contribution in [1.29, 1.82) is 0 Å². The Labute approximate surface area is 101 Å². The Balaban J connectivity index is 2.04. The van der Waals surface area contributed by atoms with Gasteiger partial charge in [-0.1, -0.05) is 24.3 Å². The second kappa shape index (κ2) is 4.65. The number of pyridine rings is 1. The van der Waals surface area contributed by atoms with Gasteiger partial charge >= 0.3 is 0 Å². The van der Waals surface area contributed by atoms with E-state index in [1.165, 1.54) is 5.56 Å². The Hall–Kier alpha value is -1.71. The smallest absolute Gasteiger partial charge is 0.0848 e. The van der Waals surface area contributed by atoms with Crippen LogP contribution in [0.4, 0.5) is 0 Å². The number of hydrogen-bond donors (Lipinski definition) is 2. The number of nitrogens with one attached hydrogen (secondary N) is 2. The first-order valence-electron chi connectivity index (χ1n) is 5.83. The van der Waals surface area contributed by atoms with Gasteiger partial charge in [-0.25, -0.2) is 0 Å². The van der Waals surface area contributed by atoms with Gasteiger partial charge in [0.15, 0.2) is 0 Å². The third-order valence-corrected chi connectivity index (χ3v) is 2.97. The monoisotopic (exact) mass is 224 g/mol. The average molecular weight is 224 g/mol. The van der Waals surface area contributed by atoms with Gasteiger partial charge in [-0.05, 0) is 23.3 Å². The molecular formula is C14H14N3. The van der Waals surface area contributed by atoms with Crippen molar-refractivity contribution in [3.05, 3.63) is 54.4 Å². The van der Waals surface area contributed by atoms with Crippen LogP contribution in [0.2, 0.25) is 0 Å². The minimum absolute atomic E-state index is 0.200. The Bertz CT molecular complexity index is 490. The number of rotatable bonds is 2. The first-order valence-corrected chi connectivity index (χ1v) is 5.83. The molecular weight excluding hydrogens is 210 g/mol. The Morgan fingerprint density at radius 1 is 1.18 bits per heavy atom. The lowest BCUT2D eigenvalue weighted by atomic mass is 9.99. The topological polar surface area (TPSA) is 37.0 Å². The maximum absolute atomic E-state index is 4.17. The predicted octanol–water partition coefficient (Wildman–Crippen LogP) is 1.74. The van der Waals surface area contributed by atoms with Crippen LogP contribution < -0.4 is 10.6 Å². The van der Waals surface area contributed by atoms with Crippen LogP contribution in [0, 0.1) is 6.07 Å². The highest BCUT2D eigenvalue weighted by atomic mass is 15.2. The van der Waals surface area contributed by atoms with Crippen LogP contribution in [0.1, 0.15) is 11.7 Å². The summed E-state index contributed by atoms with van der Waals surface area (Å²) in [5.41, 5.74) is 3.49. The third kappa shape index (κ3) is 2.07. The van der Waals surface area contributed by atoms with Gasteiger partial charge in [-0.3, -0.25) is 15.6 Å². The highest BCUT2D eigenvalue weighted by Gasteiger charge is 2.18. The van der Waals surface area contributed by atoms with E-state index in [2.05, 4.69) is 33.8 Å². The van der Waals surface area contributed by atoms with Crippen molar-refractivity contribution in [3.8, 4) is 11.1 Å².